The molecule has 2 aliphatic heterocycles. The molecule has 0 aromatic heterocycles. The summed E-state index contributed by atoms with van der Waals surface area (Å²) < 4.78 is 0. The summed E-state index contributed by atoms with van der Waals surface area (Å²) >= 11 is 0. The lowest BCUT2D eigenvalue weighted by molar-refractivity contribution is 1.23. The maximum absolute atomic E-state index is 2.47. The molecule has 7 aromatic rings. The standard InChI is InChI=1S/C45H36BN3/c1-31-16-22-35(23-17-31)47(36-24-18-32(2)19-25-36)38-28-29-40-44(30-38)49(34-10-5-4-6-11-34)43-15-9-14-42-45(43)46(40)39-12-7-8-13-41(39)48(42)37-26-20-33(3)21-27-37/h4-30H,1-3H3. The van der Waals surface area contributed by atoms with Crippen molar-refractivity contribution >= 4 is 74.3 Å². The Labute approximate surface area is 289 Å². The lowest BCUT2D eigenvalue weighted by Crippen LogP contribution is -2.61. The van der Waals surface area contributed by atoms with Crippen LogP contribution in [-0.4, -0.2) is 6.71 Å². The van der Waals surface area contributed by atoms with Crippen molar-refractivity contribution in [3.05, 3.63) is 180 Å². The molecule has 0 saturated heterocycles. The number of nitrogens with zero attached hydrogens (tertiary/aromatic N) is 3. The molecule has 0 saturated carbocycles. The Balaban J connectivity index is 1.30. The van der Waals surface area contributed by atoms with Gasteiger partial charge < -0.3 is 14.7 Å². The zero-order valence-corrected chi connectivity index (χ0v) is 28.0. The van der Waals surface area contributed by atoms with Crippen LogP contribution in [0, 0.1) is 20.8 Å². The molecule has 0 bridgehead atoms. The first-order chi connectivity index (χ1) is 24.0. The molecule has 4 heteroatoms. The summed E-state index contributed by atoms with van der Waals surface area (Å²) in [5.74, 6) is 0. The van der Waals surface area contributed by atoms with Gasteiger partial charge in [-0.25, -0.2) is 0 Å². The maximum Gasteiger partial charge on any atom is 0.252 e. The van der Waals surface area contributed by atoms with E-state index in [1.165, 1.54) is 61.5 Å². The zero-order valence-electron chi connectivity index (χ0n) is 28.0. The number of hydrogen-bond donors (Lipinski definition) is 0. The minimum atomic E-state index is 0.0836. The first-order valence-corrected chi connectivity index (χ1v) is 17.1. The summed E-state index contributed by atoms with van der Waals surface area (Å²) in [6.07, 6.45) is 0. The van der Waals surface area contributed by atoms with Crippen molar-refractivity contribution < 1.29 is 0 Å². The number of anilines is 9. The first-order valence-electron chi connectivity index (χ1n) is 17.1. The second-order valence-electron chi connectivity index (χ2n) is 13.3. The van der Waals surface area contributed by atoms with Crippen LogP contribution in [0.4, 0.5) is 51.2 Å². The molecule has 0 N–H and O–H groups in total. The first kappa shape index (κ1) is 29.2. The molecule has 234 valence electrons. The van der Waals surface area contributed by atoms with E-state index < -0.39 is 0 Å². The predicted octanol–water partition coefficient (Wildman–Crippen LogP) is 10.2. The van der Waals surface area contributed by atoms with Crippen molar-refractivity contribution in [3.8, 4) is 0 Å². The molecule has 2 heterocycles. The number of hydrogen-bond acceptors (Lipinski definition) is 3. The lowest BCUT2D eigenvalue weighted by atomic mass is 9.33. The van der Waals surface area contributed by atoms with E-state index in [1.807, 2.05) is 0 Å². The lowest BCUT2D eigenvalue weighted by Gasteiger charge is -2.44. The van der Waals surface area contributed by atoms with Crippen LogP contribution < -0.4 is 31.1 Å². The maximum atomic E-state index is 2.47. The summed E-state index contributed by atoms with van der Waals surface area (Å²) in [4.78, 5) is 7.29. The van der Waals surface area contributed by atoms with Gasteiger partial charge in [0.1, 0.15) is 0 Å². The van der Waals surface area contributed by atoms with E-state index in [1.54, 1.807) is 0 Å². The summed E-state index contributed by atoms with van der Waals surface area (Å²) in [7, 11) is 0. The van der Waals surface area contributed by atoms with Gasteiger partial charge in [-0.05, 0) is 116 Å². The summed E-state index contributed by atoms with van der Waals surface area (Å²) in [6.45, 7) is 6.52. The molecule has 0 fully saturated rings. The third-order valence-corrected chi connectivity index (χ3v) is 10.0. The molecule has 49 heavy (non-hydrogen) atoms. The molecular formula is C45H36BN3. The van der Waals surface area contributed by atoms with E-state index in [9.17, 15) is 0 Å². The van der Waals surface area contributed by atoms with Gasteiger partial charge in [0, 0.05) is 51.2 Å². The number of para-hydroxylation sites is 2. The van der Waals surface area contributed by atoms with Crippen LogP contribution in [0.2, 0.25) is 0 Å². The summed E-state index contributed by atoms with van der Waals surface area (Å²) in [6, 6.07) is 60.3. The van der Waals surface area contributed by atoms with Crippen molar-refractivity contribution in [2.24, 2.45) is 0 Å². The van der Waals surface area contributed by atoms with Gasteiger partial charge in [0.2, 0.25) is 0 Å². The van der Waals surface area contributed by atoms with Gasteiger partial charge in [-0.2, -0.15) is 0 Å². The van der Waals surface area contributed by atoms with Gasteiger partial charge in [-0.1, -0.05) is 102 Å². The molecule has 0 atom stereocenters. The van der Waals surface area contributed by atoms with Gasteiger partial charge in [0.05, 0.1) is 0 Å². The van der Waals surface area contributed by atoms with Crippen molar-refractivity contribution in [2.75, 3.05) is 14.7 Å². The van der Waals surface area contributed by atoms with Gasteiger partial charge in [0.25, 0.3) is 6.71 Å². The van der Waals surface area contributed by atoms with Crippen LogP contribution in [-0.2, 0) is 0 Å². The Hall–Kier alpha value is -6.00. The fourth-order valence-electron chi connectivity index (χ4n) is 7.67. The normalized spacial score (nSPS) is 12.7. The average molecular weight is 630 g/mol. The number of rotatable bonds is 5. The van der Waals surface area contributed by atoms with E-state index in [0.717, 1.165) is 22.7 Å². The Morgan fingerprint density at radius 1 is 0.388 bits per heavy atom. The Morgan fingerprint density at radius 3 is 1.49 bits per heavy atom. The van der Waals surface area contributed by atoms with Crippen LogP contribution in [0.25, 0.3) is 0 Å². The summed E-state index contributed by atoms with van der Waals surface area (Å²) in [5, 5.41) is 0. The van der Waals surface area contributed by atoms with Gasteiger partial charge in [0.15, 0.2) is 0 Å². The topological polar surface area (TPSA) is 9.72 Å². The largest absolute Gasteiger partial charge is 0.311 e. The number of benzene rings is 7. The highest BCUT2D eigenvalue weighted by atomic mass is 15.2. The highest BCUT2D eigenvalue weighted by molar-refractivity contribution is 7.00. The van der Waals surface area contributed by atoms with E-state index in [4.69, 9.17) is 0 Å². The fourth-order valence-corrected chi connectivity index (χ4v) is 7.67. The molecule has 9 rings (SSSR count). The minimum Gasteiger partial charge on any atom is -0.311 e. The van der Waals surface area contributed by atoms with E-state index in [0.29, 0.717) is 0 Å². The molecule has 0 spiro atoms. The molecule has 0 radical (unpaired) electrons. The van der Waals surface area contributed by atoms with E-state index in [-0.39, 0.29) is 6.71 Å². The Kier molecular flexibility index (Phi) is 6.91. The van der Waals surface area contributed by atoms with Crippen molar-refractivity contribution in [1.82, 2.24) is 0 Å². The van der Waals surface area contributed by atoms with Crippen LogP contribution in [0.5, 0.6) is 0 Å². The molecule has 0 aliphatic carbocycles. The molecule has 2 aliphatic rings. The van der Waals surface area contributed by atoms with Gasteiger partial charge >= 0.3 is 0 Å². The molecule has 0 amide bonds. The van der Waals surface area contributed by atoms with Gasteiger partial charge in [-0.15, -0.1) is 0 Å². The number of aryl methyl sites for hydroxylation is 3. The molecule has 7 aromatic carbocycles. The predicted molar refractivity (Wildman–Crippen MR) is 209 cm³/mol. The monoisotopic (exact) mass is 629 g/mol. The zero-order chi connectivity index (χ0) is 33.1. The van der Waals surface area contributed by atoms with Gasteiger partial charge in [-0.3, -0.25) is 0 Å². The minimum absolute atomic E-state index is 0.0836. The SMILES string of the molecule is Cc1ccc(N(c2ccc(C)cc2)c2ccc3c(c2)N(c2ccccc2)c2cccc4c2B3c2ccccc2N4c2ccc(C)cc2)cc1. The quantitative estimate of drug-likeness (QED) is 0.176. The summed E-state index contributed by atoms with van der Waals surface area (Å²) in [5.41, 5.74) is 18.3. The van der Waals surface area contributed by atoms with E-state index in [2.05, 4.69) is 199 Å². The Morgan fingerprint density at radius 2 is 0.857 bits per heavy atom. The molecular weight excluding hydrogens is 593 g/mol. The average Bonchev–Trinajstić information content (AvgIpc) is 3.14. The highest BCUT2D eigenvalue weighted by Crippen LogP contribution is 2.45. The van der Waals surface area contributed by atoms with Crippen LogP contribution >= 0.6 is 0 Å². The highest BCUT2D eigenvalue weighted by Gasteiger charge is 2.43. The molecule has 3 nitrogen and oxygen atoms in total. The van der Waals surface area contributed by atoms with Crippen molar-refractivity contribution in [1.29, 1.82) is 0 Å². The third kappa shape index (κ3) is 4.83. The Bertz CT molecular complexity index is 2270. The fraction of sp³-hybridized carbons (Fsp3) is 0.0667. The smallest absolute Gasteiger partial charge is 0.252 e. The van der Waals surface area contributed by atoms with E-state index >= 15 is 0 Å². The van der Waals surface area contributed by atoms with Crippen molar-refractivity contribution in [2.45, 2.75) is 20.8 Å². The number of fused-ring (bicyclic) bond motifs is 4. The van der Waals surface area contributed by atoms with Crippen LogP contribution in [0.15, 0.2) is 164 Å². The second kappa shape index (κ2) is 11.6. The van der Waals surface area contributed by atoms with Crippen molar-refractivity contribution in [3.63, 3.8) is 0 Å². The van der Waals surface area contributed by atoms with Crippen LogP contribution in [0.3, 0.4) is 0 Å². The van der Waals surface area contributed by atoms with Crippen LogP contribution in [0.1, 0.15) is 16.7 Å². The second-order valence-corrected chi connectivity index (χ2v) is 13.3. The third-order valence-electron chi connectivity index (χ3n) is 10.0. The molecule has 0 unspecified atom stereocenters.